The van der Waals surface area contributed by atoms with E-state index in [0.717, 1.165) is 5.56 Å². The van der Waals surface area contributed by atoms with Gasteiger partial charge in [0.15, 0.2) is 5.82 Å². The molecule has 0 aliphatic heterocycles. The third kappa shape index (κ3) is 4.52. The number of carbonyl (C=O) groups is 1. The van der Waals surface area contributed by atoms with Gasteiger partial charge in [-0.15, -0.1) is 5.10 Å². The molecule has 1 N–H and O–H groups in total. The van der Waals surface area contributed by atoms with Gasteiger partial charge in [0.1, 0.15) is 0 Å². The quantitative estimate of drug-likeness (QED) is 0.673. The molecule has 0 bridgehead atoms. The van der Waals surface area contributed by atoms with Crippen molar-refractivity contribution >= 4 is 17.7 Å². The number of nitrogens with one attached hydrogen (secondary N) is 1. The highest BCUT2D eigenvalue weighted by molar-refractivity contribution is 7.99. The maximum atomic E-state index is 12.4. The summed E-state index contributed by atoms with van der Waals surface area (Å²) in [6.07, 6.45) is 0. The van der Waals surface area contributed by atoms with Crippen molar-refractivity contribution in [1.29, 1.82) is 0 Å². The highest BCUT2D eigenvalue weighted by Gasteiger charge is 2.13. The minimum Gasteiger partial charge on any atom is -0.341 e. The van der Waals surface area contributed by atoms with Crippen molar-refractivity contribution in [3.63, 3.8) is 0 Å². The lowest BCUT2D eigenvalue weighted by Gasteiger charge is -2.18. The fourth-order valence-electron chi connectivity index (χ4n) is 2.64. The molecule has 6 heteroatoms. The maximum absolute atomic E-state index is 12.4. The molecule has 3 aromatic rings. The molecule has 1 heterocycles. The van der Waals surface area contributed by atoms with E-state index in [1.165, 1.54) is 28.5 Å². The lowest BCUT2D eigenvalue weighted by Crippen LogP contribution is -2.28. The van der Waals surface area contributed by atoms with Crippen molar-refractivity contribution in [1.82, 2.24) is 20.1 Å². The Morgan fingerprint density at radius 2 is 1.92 bits per heavy atom. The molecular formula is C20H22N4OS. The van der Waals surface area contributed by atoms with Gasteiger partial charge < -0.3 is 4.90 Å². The largest absolute Gasteiger partial charge is 0.341 e. The van der Waals surface area contributed by atoms with E-state index in [0.29, 0.717) is 23.3 Å². The number of amides is 1. The van der Waals surface area contributed by atoms with Gasteiger partial charge in [-0.25, -0.2) is 4.98 Å². The smallest absolute Gasteiger partial charge is 0.233 e. The number of hydrogen-bond acceptors (Lipinski definition) is 4. The summed E-state index contributed by atoms with van der Waals surface area (Å²) < 4.78 is 0. The third-order valence-corrected chi connectivity index (χ3v) is 5.00. The molecule has 0 aliphatic rings. The summed E-state index contributed by atoms with van der Waals surface area (Å²) in [4.78, 5) is 18.6. The molecule has 0 atom stereocenters. The van der Waals surface area contributed by atoms with E-state index in [9.17, 15) is 4.79 Å². The Hall–Kier alpha value is -2.60. The van der Waals surface area contributed by atoms with Crippen molar-refractivity contribution < 1.29 is 4.79 Å². The zero-order chi connectivity index (χ0) is 18.5. The number of H-pyrrole nitrogens is 1. The van der Waals surface area contributed by atoms with Gasteiger partial charge in [-0.2, -0.15) is 0 Å². The summed E-state index contributed by atoms with van der Waals surface area (Å²) in [5, 5.41) is 7.69. The molecule has 1 amide bonds. The van der Waals surface area contributed by atoms with Crippen molar-refractivity contribution in [3.8, 4) is 11.4 Å². The third-order valence-electron chi connectivity index (χ3n) is 4.17. The monoisotopic (exact) mass is 366 g/mol. The van der Waals surface area contributed by atoms with Crippen LogP contribution in [0.1, 0.15) is 16.7 Å². The molecule has 0 fully saturated rings. The van der Waals surface area contributed by atoms with E-state index in [4.69, 9.17) is 0 Å². The molecule has 0 spiro atoms. The van der Waals surface area contributed by atoms with Gasteiger partial charge in [0, 0.05) is 19.2 Å². The number of hydrogen-bond donors (Lipinski definition) is 1. The predicted molar refractivity (Wildman–Crippen MR) is 105 cm³/mol. The molecule has 134 valence electrons. The van der Waals surface area contributed by atoms with E-state index in [1.54, 1.807) is 4.90 Å². The number of carbonyl (C=O) groups excluding carboxylic acids is 1. The van der Waals surface area contributed by atoms with Gasteiger partial charge >= 0.3 is 0 Å². The van der Waals surface area contributed by atoms with Crippen LogP contribution in [0, 0.1) is 13.8 Å². The van der Waals surface area contributed by atoms with Gasteiger partial charge in [0.05, 0.1) is 5.75 Å². The summed E-state index contributed by atoms with van der Waals surface area (Å²) in [5.41, 5.74) is 4.58. The molecule has 0 saturated heterocycles. The second-order valence-electron chi connectivity index (χ2n) is 6.30. The minimum atomic E-state index is 0.0565. The highest BCUT2D eigenvalue weighted by Crippen LogP contribution is 2.19. The Morgan fingerprint density at radius 1 is 1.15 bits per heavy atom. The van der Waals surface area contributed by atoms with Gasteiger partial charge in [0.2, 0.25) is 11.1 Å². The summed E-state index contributed by atoms with van der Waals surface area (Å²) in [7, 11) is 1.83. The lowest BCUT2D eigenvalue weighted by molar-refractivity contribution is -0.127. The highest BCUT2D eigenvalue weighted by atomic mass is 32.2. The Kier molecular flexibility index (Phi) is 5.73. The molecule has 2 aromatic carbocycles. The zero-order valence-electron chi connectivity index (χ0n) is 15.2. The predicted octanol–water partition coefficient (Wildman–Crippen LogP) is 3.84. The normalized spacial score (nSPS) is 10.7. The molecule has 0 saturated carbocycles. The van der Waals surface area contributed by atoms with Crippen LogP contribution in [0.25, 0.3) is 11.4 Å². The van der Waals surface area contributed by atoms with Crippen LogP contribution < -0.4 is 0 Å². The molecule has 0 aliphatic carbocycles. The van der Waals surface area contributed by atoms with Crippen LogP contribution in [0.15, 0.2) is 53.7 Å². The van der Waals surface area contributed by atoms with Crippen molar-refractivity contribution in [2.75, 3.05) is 12.8 Å². The first-order chi connectivity index (χ1) is 12.5. The van der Waals surface area contributed by atoms with Crippen LogP contribution in [0.3, 0.4) is 0 Å². The lowest BCUT2D eigenvalue weighted by atomic mass is 10.1. The number of thioether (sulfide) groups is 1. The van der Waals surface area contributed by atoms with Gasteiger partial charge in [-0.3, -0.25) is 9.89 Å². The number of benzene rings is 2. The summed E-state index contributed by atoms with van der Waals surface area (Å²) in [5.74, 6) is 1.08. The summed E-state index contributed by atoms with van der Waals surface area (Å²) >= 11 is 1.34. The fraction of sp³-hybridized carbons (Fsp3) is 0.250. The number of aromatic amines is 1. The van der Waals surface area contributed by atoms with Crippen LogP contribution in [-0.4, -0.2) is 38.8 Å². The number of aromatic nitrogens is 3. The van der Waals surface area contributed by atoms with Crippen LogP contribution >= 0.6 is 11.8 Å². The standard InChI is InChI=1S/C20H22N4OS/c1-14-9-10-17(15(2)11-14)12-24(3)18(25)13-26-20-21-19(22-23-20)16-7-5-4-6-8-16/h4-11H,12-13H2,1-3H3,(H,21,22,23). The van der Waals surface area contributed by atoms with E-state index >= 15 is 0 Å². The van der Waals surface area contributed by atoms with Crippen LogP contribution in [0.4, 0.5) is 0 Å². The fourth-order valence-corrected chi connectivity index (χ4v) is 3.38. The SMILES string of the molecule is Cc1ccc(CN(C)C(=O)CSc2n[nH]c(-c3ccccc3)n2)c(C)c1. The first kappa shape index (κ1) is 18.2. The first-order valence-electron chi connectivity index (χ1n) is 8.43. The minimum absolute atomic E-state index is 0.0565. The van der Waals surface area contributed by atoms with Crippen molar-refractivity contribution in [2.45, 2.75) is 25.5 Å². The van der Waals surface area contributed by atoms with Crippen molar-refractivity contribution in [2.24, 2.45) is 0 Å². The van der Waals surface area contributed by atoms with Crippen LogP contribution in [0.5, 0.6) is 0 Å². The molecule has 0 unspecified atom stereocenters. The summed E-state index contributed by atoms with van der Waals surface area (Å²) in [6, 6.07) is 16.1. The van der Waals surface area contributed by atoms with Gasteiger partial charge in [-0.05, 0) is 25.0 Å². The average molecular weight is 366 g/mol. The molecular weight excluding hydrogens is 344 g/mol. The molecule has 5 nitrogen and oxygen atoms in total. The van der Waals surface area contributed by atoms with E-state index in [1.807, 2.05) is 37.4 Å². The molecule has 26 heavy (non-hydrogen) atoms. The van der Waals surface area contributed by atoms with Crippen LogP contribution in [-0.2, 0) is 11.3 Å². The van der Waals surface area contributed by atoms with E-state index in [-0.39, 0.29) is 5.91 Å². The molecule has 1 aromatic heterocycles. The van der Waals surface area contributed by atoms with E-state index in [2.05, 4.69) is 47.2 Å². The van der Waals surface area contributed by atoms with Crippen LogP contribution in [0.2, 0.25) is 0 Å². The summed E-state index contributed by atoms with van der Waals surface area (Å²) in [6.45, 7) is 4.76. The van der Waals surface area contributed by atoms with Gasteiger partial charge in [-0.1, -0.05) is 65.9 Å². The zero-order valence-corrected chi connectivity index (χ0v) is 16.0. The second kappa shape index (κ2) is 8.19. The Labute approximate surface area is 157 Å². The second-order valence-corrected chi connectivity index (χ2v) is 7.24. The Balaban J connectivity index is 1.56. The number of aryl methyl sites for hydroxylation is 2. The first-order valence-corrected chi connectivity index (χ1v) is 9.42. The average Bonchev–Trinajstić information content (AvgIpc) is 3.11. The molecule has 0 radical (unpaired) electrons. The maximum Gasteiger partial charge on any atom is 0.233 e. The van der Waals surface area contributed by atoms with Gasteiger partial charge in [0.25, 0.3) is 0 Å². The van der Waals surface area contributed by atoms with Crippen molar-refractivity contribution in [3.05, 3.63) is 65.2 Å². The topological polar surface area (TPSA) is 61.9 Å². The molecule has 3 rings (SSSR count). The van der Waals surface area contributed by atoms with E-state index < -0.39 is 0 Å². The Morgan fingerprint density at radius 3 is 2.65 bits per heavy atom. The number of rotatable bonds is 6. The number of nitrogens with zero attached hydrogens (tertiary/aromatic N) is 3. The Bertz CT molecular complexity index is 892.